The van der Waals surface area contributed by atoms with E-state index in [4.69, 9.17) is 10.2 Å². The lowest BCUT2D eigenvalue weighted by molar-refractivity contribution is -0.0500. The number of hydrogen-bond acceptors (Lipinski definition) is 2. The van der Waals surface area contributed by atoms with Gasteiger partial charge in [-0.25, -0.2) is 0 Å². The van der Waals surface area contributed by atoms with E-state index in [-0.39, 0.29) is 5.92 Å². The first-order valence-electron chi connectivity index (χ1n) is 4.56. The van der Waals surface area contributed by atoms with Gasteiger partial charge in [-0.05, 0) is 24.0 Å². The molecule has 0 aliphatic heterocycles. The van der Waals surface area contributed by atoms with Gasteiger partial charge in [0.2, 0.25) is 0 Å². The first-order valence-corrected chi connectivity index (χ1v) is 4.56. The molecule has 0 bridgehead atoms. The Kier molecular flexibility index (Phi) is 3.93. The Morgan fingerprint density at radius 2 is 2.23 bits per heavy atom. The van der Waals surface area contributed by atoms with Crippen molar-refractivity contribution in [2.75, 3.05) is 0 Å². The molecule has 1 unspecified atom stereocenters. The Labute approximate surface area is 78.8 Å². The molecule has 0 heterocycles. The number of benzene rings is 1. The molecule has 0 fully saturated rings. The molecule has 0 saturated heterocycles. The molecule has 13 heavy (non-hydrogen) atoms. The van der Waals surface area contributed by atoms with Gasteiger partial charge in [-0.3, -0.25) is 0 Å². The highest BCUT2D eigenvalue weighted by molar-refractivity contribution is 5.18. The van der Waals surface area contributed by atoms with Crippen LogP contribution in [0.5, 0.6) is 0 Å². The van der Waals surface area contributed by atoms with E-state index in [0.29, 0.717) is 6.42 Å². The van der Waals surface area contributed by atoms with Crippen LogP contribution in [0.3, 0.4) is 0 Å². The Hall–Kier alpha value is -0.860. The normalized spacial score (nSPS) is 13.2. The quantitative estimate of drug-likeness (QED) is 0.690. The largest absolute Gasteiger partial charge is 0.368 e. The highest BCUT2D eigenvalue weighted by Gasteiger charge is 2.12. The lowest BCUT2D eigenvalue weighted by atomic mass is 9.93. The summed E-state index contributed by atoms with van der Waals surface area (Å²) < 4.78 is 0. The maximum absolute atomic E-state index is 8.86. The Balaban J connectivity index is 2.67. The highest BCUT2D eigenvalue weighted by atomic mass is 16.5. The van der Waals surface area contributed by atoms with E-state index in [1.54, 1.807) is 0 Å². The lowest BCUT2D eigenvalue weighted by Gasteiger charge is -2.15. The summed E-state index contributed by atoms with van der Waals surface area (Å²) >= 11 is 0. The molecule has 2 N–H and O–H groups in total. The summed E-state index contributed by atoms with van der Waals surface area (Å²) in [4.78, 5) is 0. The number of aliphatic hydroxyl groups excluding tert-OH is 1. The molecule has 71 valence electrons. The molecule has 0 spiro atoms. The zero-order chi connectivity index (χ0) is 9.68. The molecule has 0 aliphatic carbocycles. The maximum Gasteiger partial charge on any atom is 0.152 e. The lowest BCUT2D eigenvalue weighted by Crippen LogP contribution is -2.10. The fourth-order valence-electron chi connectivity index (χ4n) is 1.45. The maximum atomic E-state index is 8.86. The zero-order valence-electron chi connectivity index (χ0n) is 7.77. The fourth-order valence-corrected chi connectivity index (χ4v) is 1.45. The van der Waals surface area contributed by atoms with Crippen LogP contribution in [0.1, 0.15) is 31.2 Å². The van der Waals surface area contributed by atoms with E-state index in [0.717, 1.165) is 12.0 Å². The molecular weight excluding hydrogens is 164 g/mol. The van der Waals surface area contributed by atoms with Gasteiger partial charge in [0.05, 0.1) is 0 Å². The number of rotatable bonds is 4. The van der Waals surface area contributed by atoms with Gasteiger partial charge >= 0.3 is 0 Å². The zero-order valence-corrected chi connectivity index (χ0v) is 7.77. The van der Waals surface area contributed by atoms with E-state index in [2.05, 4.69) is 6.07 Å². The Bertz CT molecular complexity index is 231. The van der Waals surface area contributed by atoms with E-state index in [1.807, 2.05) is 31.2 Å². The van der Waals surface area contributed by atoms with E-state index in [1.165, 1.54) is 0 Å². The first kappa shape index (κ1) is 10.2. The molecule has 0 amide bonds. The van der Waals surface area contributed by atoms with Crippen LogP contribution in [0.2, 0.25) is 0 Å². The molecule has 1 aromatic carbocycles. The van der Waals surface area contributed by atoms with Crippen molar-refractivity contribution in [1.29, 1.82) is 0 Å². The third-order valence-corrected chi connectivity index (χ3v) is 2.19. The summed E-state index contributed by atoms with van der Waals surface area (Å²) in [6, 6.07) is 10.6. The van der Waals surface area contributed by atoms with Crippen LogP contribution in [0.4, 0.5) is 0 Å². The van der Waals surface area contributed by atoms with Gasteiger partial charge in [-0.15, -0.1) is 0 Å². The second kappa shape index (κ2) is 5.00. The Morgan fingerprint density at radius 1 is 1.46 bits per heavy atom. The van der Waals surface area contributed by atoms with Gasteiger partial charge in [0.15, 0.2) is 6.29 Å². The molecule has 1 rings (SSSR count). The van der Waals surface area contributed by atoms with Crippen molar-refractivity contribution in [1.82, 2.24) is 0 Å². The van der Waals surface area contributed by atoms with Crippen LogP contribution in [0.15, 0.2) is 24.3 Å². The van der Waals surface area contributed by atoms with Gasteiger partial charge in [-0.2, -0.15) is 0 Å². The summed E-state index contributed by atoms with van der Waals surface area (Å²) in [5, 5.41) is 17.7. The van der Waals surface area contributed by atoms with Crippen LogP contribution in [-0.4, -0.2) is 16.5 Å². The summed E-state index contributed by atoms with van der Waals surface area (Å²) in [7, 11) is 0. The van der Waals surface area contributed by atoms with Crippen LogP contribution in [-0.2, 0) is 0 Å². The second-order valence-corrected chi connectivity index (χ2v) is 3.16. The van der Waals surface area contributed by atoms with Crippen molar-refractivity contribution in [3.05, 3.63) is 35.9 Å². The summed E-state index contributed by atoms with van der Waals surface area (Å²) in [5.41, 5.74) is 1.12. The van der Waals surface area contributed by atoms with E-state index < -0.39 is 6.29 Å². The average molecular weight is 179 g/mol. The Morgan fingerprint density at radius 3 is 2.69 bits per heavy atom. The smallest absolute Gasteiger partial charge is 0.152 e. The van der Waals surface area contributed by atoms with Gasteiger partial charge in [0.25, 0.3) is 0 Å². The van der Waals surface area contributed by atoms with Crippen molar-refractivity contribution in [2.45, 2.75) is 32.0 Å². The third kappa shape index (κ3) is 3.17. The summed E-state index contributed by atoms with van der Waals surface area (Å²) in [6.07, 6.45) is 0.0919. The molecule has 0 aliphatic rings. The monoisotopic (exact) mass is 179 g/mol. The number of aliphatic hydroxyl groups is 2. The van der Waals surface area contributed by atoms with Crippen molar-refractivity contribution in [2.24, 2.45) is 0 Å². The topological polar surface area (TPSA) is 40.5 Å². The van der Waals surface area contributed by atoms with Gasteiger partial charge in [-0.1, -0.05) is 31.2 Å². The van der Waals surface area contributed by atoms with Crippen LogP contribution in [0, 0.1) is 6.07 Å². The molecule has 0 saturated carbocycles. The van der Waals surface area contributed by atoms with E-state index >= 15 is 0 Å². The minimum absolute atomic E-state index is 0.220. The van der Waals surface area contributed by atoms with Gasteiger partial charge < -0.3 is 10.2 Å². The second-order valence-electron chi connectivity index (χ2n) is 3.16. The SMILES string of the molecule is CCC(CC(O)O)c1c[c]ccc1. The molecule has 2 heteroatoms. The predicted molar refractivity (Wildman–Crippen MR) is 51.2 cm³/mol. The number of hydrogen-bond donors (Lipinski definition) is 2. The molecule has 1 aromatic rings. The van der Waals surface area contributed by atoms with Gasteiger partial charge in [0, 0.05) is 6.42 Å². The minimum atomic E-state index is -1.22. The van der Waals surface area contributed by atoms with Crippen molar-refractivity contribution >= 4 is 0 Å². The molecule has 1 radical (unpaired) electrons. The van der Waals surface area contributed by atoms with Crippen LogP contribution < -0.4 is 0 Å². The summed E-state index contributed by atoms with van der Waals surface area (Å²) in [6.45, 7) is 2.04. The van der Waals surface area contributed by atoms with Crippen molar-refractivity contribution in [3.8, 4) is 0 Å². The highest BCUT2D eigenvalue weighted by Crippen LogP contribution is 2.23. The molecule has 1 atom stereocenters. The van der Waals surface area contributed by atoms with E-state index in [9.17, 15) is 0 Å². The standard InChI is InChI=1S/C11H15O2/c1-2-9(8-11(12)13)10-6-4-3-5-7-10/h3-4,6-7,9,11-13H,2,8H2,1H3. The molecule has 2 nitrogen and oxygen atoms in total. The fraction of sp³-hybridized carbons (Fsp3) is 0.455. The minimum Gasteiger partial charge on any atom is -0.368 e. The van der Waals surface area contributed by atoms with Crippen LogP contribution in [0.25, 0.3) is 0 Å². The van der Waals surface area contributed by atoms with Crippen LogP contribution >= 0.6 is 0 Å². The summed E-state index contributed by atoms with van der Waals surface area (Å²) in [5.74, 6) is 0.220. The van der Waals surface area contributed by atoms with Crippen molar-refractivity contribution in [3.63, 3.8) is 0 Å². The van der Waals surface area contributed by atoms with Gasteiger partial charge in [0.1, 0.15) is 0 Å². The van der Waals surface area contributed by atoms with Crippen molar-refractivity contribution < 1.29 is 10.2 Å². The third-order valence-electron chi connectivity index (χ3n) is 2.19. The molecular formula is C11H15O2. The predicted octanol–water partition coefficient (Wildman–Crippen LogP) is 1.68. The molecule has 0 aromatic heterocycles. The first-order chi connectivity index (χ1) is 6.24. The average Bonchev–Trinajstić information content (AvgIpc) is 2.15.